The second kappa shape index (κ2) is 7.61. The van der Waals surface area contributed by atoms with Gasteiger partial charge < -0.3 is 9.88 Å². The van der Waals surface area contributed by atoms with E-state index in [1.807, 2.05) is 71.3 Å². The predicted molar refractivity (Wildman–Crippen MR) is 139 cm³/mol. The molecule has 7 rings (SSSR count). The molecule has 0 saturated heterocycles. The molecule has 170 valence electrons. The molecular weight excluding hydrogens is 458 g/mol. The van der Waals surface area contributed by atoms with E-state index in [1.165, 1.54) is 11.3 Å². The van der Waals surface area contributed by atoms with Crippen molar-refractivity contribution in [1.29, 1.82) is 0 Å². The summed E-state index contributed by atoms with van der Waals surface area (Å²) in [4.78, 5) is 35.9. The molecule has 0 atom stereocenters. The number of aryl methyl sites for hydroxylation is 1. The molecule has 0 saturated carbocycles. The van der Waals surface area contributed by atoms with Crippen LogP contribution >= 0.6 is 11.3 Å². The summed E-state index contributed by atoms with van der Waals surface area (Å²) in [6.07, 6.45) is 0.704. The monoisotopic (exact) mass is 477 g/mol. The number of hydrogen-bond acceptors (Lipinski definition) is 5. The fourth-order valence-electron chi connectivity index (χ4n) is 5.06. The number of anilines is 1. The highest BCUT2D eigenvalue weighted by Crippen LogP contribution is 2.36. The number of thiazole rings is 1. The molecule has 3 aromatic carbocycles. The Bertz CT molecular complexity index is 1830. The first-order chi connectivity index (χ1) is 17.2. The van der Waals surface area contributed by atoms with Crippen molar-refractivity contribution in [2.75, 3.05) is 5.32 Å². The Morgan fingerprint density at radius 1 is 0.914 bits per heavy atom. The minimum atomic E-state index is -0.173. The summed E-state index contributed by atoms with van der Waals surface area (Å²) in [5.74, 6) is 0.437. The maximum absolute atomic E-state index is 13.3. The fourth-order valence-corrected chi connectivity index (χ4v) is 5.94. The first-order valence-corrected chi connectivity index (χ1v) is 12.2. The summed E-state index contributed by atoms with van der Waals surface area (Å²) in [5, 5.41) is 5.23. The molecule has 1 N–H and O–H groups in total. The van der Waals surface area contributed by atoms with Crippen LogP contribution in [0.15, 0.2) is 77.6 Å². The van der Waals surface area contributed by atoms with E-state index in [2.05, 4.69) is 16.4 Å². The SMILES string of the molecule is O=C(Cn1c2c(c3ccccc31)CCn1c-2nc2ccccc2c1=O)Nc1nc2ccccc2s1. The normalized spacial score (nSPS) is 12.7. The van der Waals surface area contributed by atoms with E-state index >= 15 is 0 Å². The van der Waals surface area contributed by atoms with E-state index in [0.29, 0.717) is 34.8 Å². The van der Waals surface area contributed by atoms with Crippen LogP contribution in [0, 0.1) is 0 Å². The molecule has 0 fully saturated rings. The van der Waals surface area contributed by atoms with E-state index in [-0.39, 0.29) is 18.0 Å². The highest BCUT2D eigenvalue weighted by atomic mass is 32.1. The molecule has 0 spiro atoms. The highest BCUT2D eigenvalue weighted by molar-refractivity contribution is 7.22. The van der Waals surface area contributed by atoms with Crippen molar-refractivity contribution in [3.8, 4) is 11.5 Å². The number of benzene rings is 3. The van der Waals surface area contributed by atoms with Crippen molar-refractivity contribution in [3.63, 3.8) is 0 Å². The zero-order valence-corrected chi connectivity index (χ0v) is 19.4. The number of aromatic nitrogens is 4. The number of amides is 1. The Hall–Kier alpha value is -4.30. The van der Waals surface area contributed by atoms with Crippen molar-refractivity contribution in [2.45, 2.75) is 19.5 Å². The lowest BCUT2D eigenvalue weighted by Crippen LogP contribution is -2.29. The number of hydrogen-bond donors (Lipinski definition) is 1. The third-order valence-electron chi connectivity index (χ3n) is 6.58. The van der Waals surface area contributed by atoms with E-state index < -0.39 is 0 Å². The van der Waals surface area contributed by atoms with Crippen LogP contribution in [0.4, 0.5) is 5.13 Å². The number of rotatable bonds is 3. The van der Waals surface area contributed by atoms with Crippen molar-refractivity contribution in [3.05, 3.63) is 88.7 Å². The van der Waals surface area contributed by atoms with E-state index in [4.69, 9.17) is 4.98 Å². The molecule has 7 nitrogen and oxygen atoms in total. The second-order valence-electron chi connectivity index (χ2n) is 8.62. The topological polar surface area (TPSA) is 81.8 Å². The zero-order valence-electron chi connectivity index (χ0n) is 18.6. The lowest BCUT2D eigenvalue weighted by Gasteiger charge is -2.21. The standard InChI is InChI=1S/C27H19N5O2S/c33-23(30-27-29-20-10-4-6-12-22(20)35-27)15-32-21-11-5-2-7-16(21)17-13-14-31-25(24(17)32)28-19-9-3-1-8-18(19)26(31)34/h1-12H,13-15H2,(H,29,30,33). The van der Waals surface area contributed by atoms with Gasteiger partial charge >= 0.3 is 0 Å². The molecular formula is C27H19N5O2S. The van der Waals surface area contributed by atoms with Gasteiger partial charge in [-0.15, -0.1) is 0 Å². The van der Waals surface area contributed by atoms with Crippen LogP contribution in [0.3, 0.4) is 0 Å². The van der Waals surface area contributed by atoms with Gasteiger partial charge in [-0.3, -0.25) is 14.2 Å². The van der Waals surface area contributed by atoms with Crippen LogP contribution in [0.1, 0.15) is 5.56 Å². The fraction of sp³-hybridized carbons (Fsp3) is 0.111. The largest absolute Gasteiger partial charge is 0.328 e. The third-order valence-corrected chi connectivity index (χ3v) is 7.53. The number of carbonyl (C=O) groups is 1. The van der Waals surface area contributed by atoms with Gasteiger partial charge in [-0.25, -0.2) is 9.97 Å². The van der Waals surface area contributed by atoms with Crippen molar-refractivity contribution >= 4 is 54.4 Å². The van der Waals surface area contributed by atoms with Crippen LogP contribution < -0.4 is 10.9 Å². The third kappa shape index (κ3) is 3.10. The van der Waals surface area contributed by atoms with Gasteiger partial charge in [0.1, 0.15) is 6.54 Å². The van der Waals surface area contributed by atoms with Crippen LogP contribution in [0.25, 0.3) is 43.5 Å². The van der Waals surface area contributed by atoms with E-state index in [9.17, 15) is 9.59 Å². The average Bonchev–Trinajstić information content (AvgIpc) is 3.43. The van der Waals surface area contributed by atoms with Gasteiger partial charge in [0.05, 0.1) is 26.8 Å². The molecule has 35 heavy (non-hydrogen) atoms. The molecule has 1 aliphatic heterocycles. The molecule has 4 heterocycles. The van der Waals surface area contributed by atoms with Crippen LogP contribution in [0.2, 0.25) is 0 Å². The molecule has 0 bridgehead atoms. The average molecular weight is 478 g/mol. The summed E-state index contributed by atoms with van der Waals surface area (Å²) >= 11 is 1.45. The Morgan fingerprint density at radius 2 is 1.66 bits per heavy atom. The summed E-state index contributed by atoms with van der Waals surface area (Å²) in [7, 11) is 0. The van der Waals surface area contributed by atoms with Crippen LogP contribution in [0.5, 0.6) is 0 Å². The van der Waals surface area contributed by atoms with Gasteiger partial charge in [0.15, 0.2) is 11.0 Å². The number of nitrogens with zero attached hydrogens (tertiary/aromatic N) is 4. The first kappa shape index (κ1) is 20.1. The smallest absolute Gasteiger partial charge is 0.261 e. The molecule has 0 unspecified atom stereocenters. The van der Waals surface area contributed by atoms with Crippen LogP contribution in [-0.2, 0) is 24.3 Å². The molecule has 0 radical (unpaired) electrons. The summed E-state index contributed by atoms with van der Waals surface area (Å²) < 4.78 is 4.75. The van der Waals surface area contributed by atoms with E-state index in [1.54, 1.807) is 4.57 Å². The summed E-state index contributed by atoms with van der Waals surface area (Å²) in [5.41, 5.74) is 4.38. The Labute approximate surface area is 203 Å². The summed E-state index contributed by atoms with van der Waals surface area (Å²) in [6.45, 7) is 0.652. The Balaban J connectivity index is 1.37. The lowest BCUT2D eigenvalue weighted by atomic mass is 10.0. The summed E-state index contributed by atoms with van der Waals surface area (Å²) in [6, 6.07) is 23.3. The number of carbonyl (C=O) groups excluding carboxylic acids is 1. The zero-order chi connectivity index (χ0) is 23.5. The molecule has 1 amide bonds. The van der Waals surface area contributed by atoms with Crippen LogP contribution in [-0.4, -0.2) is 25.0 Å². The predicted octanol–water partition coefficient (Wildman–Crippen LogP) is 4.82. The first-order valence-electron chi connectivity index (χ1n) is 11.4. The quantitative estimate of drug-likeness (QED) is 0.396. The maximum atomic E-state index is 13.3. The molecule has 3 aromatic heterocycles. The van der Waals surface area contributed by atoms with E-state index in [0.717, 1.165) is 32.4 Å². The van der Waals surface area contributed by atoms with Crippen molar-refractivity contribution in [2.24, 2.45) is 0 Å². The second-order valence-corrected chi connectivity index (χ2v) is 9.66. The van der Waals surface area contributed by atoms with Gasteiger partial charge in [-0.05, 0) is 42.3 Å². The van der Waals surface area contributed by atoms with Gasteiger partial charge in [0.2, 0.25) is 5.91 Å². The van der Waals surface area contributed by atoms with Crippen molar-refractivity contribution < 1.29 is 4.79 Å². The molecule has 1 aliphatic rings. The number of nitrogens with one attached hydrogen (secondary N) is 1. The maximum Gasteiger partial charge on any atom is 0.261 e. The lowest BCUT2D eigenvalue weighted by molar-refractivity contribution is -0.116. The highest BCUT2D eigenvalue weighted by Gasteiger charge is 2.28. The van der Waals surface area contributed by atoms with Crippen molar-refractivity contribution in [1.82, 2.24) is 19.1 Å². The van der Waals surface area contributed by atoms with Gasteiger partial charge in [-0.2, -0.15) is 0 Å². The number of fused-ring (bicyclic) bond motifs is 7. The number of para-hydroxylation sites is 3. The Morgan fingerprint density at radius 3 is 2.51 bits per heavy atom. The minimum absolute atomic E-state index is 0.0491. The van der Waals surface area contributed by atoms with Gasteiger partial charge in [-0.1, -0.05) is 53.8 Å². The molecule has 0 aliphatic carbocycles. The van der Waals surface area contributed by atoms with Gasteiger partial charge in [0, 0.05) is 17.4 Å². The molecule has 6 aromatic rings. The molecule has 8 heteroatoms. The van der Waals surface area contributed by atoms with Gasteiger partial charge in [0.25, 0.3) is 5.56 Å². The minimum Gasteiger partial charge on any atom is -0.328 e. The Kier molecular flexibility index (Phi) is 4.37.